The minimum Gasteiger partial charge on any atom is -0.383 e. The van der Waals surface area contributed by atoms with Crippen LogP contribution in [0.3, 0.4) is 0 Å². The second-order valence-electron chi connectivity index (χ2n) is 10.7. The third-order valence-electron chi connectivity index (χ3n) is 7.90. The van der Waals surface area contributed by atoms with E-state index in [2.05, 4.69) is 30.8 Å². The Kier molecular flexibility index (Phi) is 7.79. The van der Waals surface area contributed by atoms with Crippen LogP contribution in [0, 0.1) is 18.2 Å². The second-order valence-corrected chi connectivity index (χ2v) is 16.3. The number of nitrogen functional groups attached to an aromatic ring is 2. The van der Waals surface area contributed by atoms with Crippen LogP contribution >= 0.6 is 13.4 Å². The van der Waals surface area contributed by atoms with Gasteiger partial charge in [0.25, 0.3) is 5.56 Å². The number of rotatable bonds is 2. The average molecular weight is 734 g/mol. The highest BCUT2D eigenvalue weighted by Crippen LogP contribution is 2.57. The summed E-state index contributed by atoms with van der Waals surface area (Å²) < 4.78 is 68.3. The van der Waals surface area contributed by atoms with E-state index in [4.69, 9.17) is 69.1 Å². The Labute approximate surface area is 271 Å². The van der Waals surface area contributed by atoms with Crippen LogP contribution in [-0.2, 0) is 56.9 Å². The number of nitrogens with zero attached hydrogens (tertiary/aromatic N) is 6. The normalized spacial score (nSPS) is 36.4. The highest BCUT2D eigenvalue weighted by atomic mass is 32.5. The molecule has 3 aliphatic rings. The zero-order valence-electron chi connectivity index (χ0n) is 23.5. The molecule has 24 heteroatoms. The van der Waals surface area contributed by atoms with E-state index in [1.807, 2.05) is 0 Å². The smallest absolute Gasteiger partial charge is 0.327 e. The zero-order valence-corrected chi connectivity index (χ0v) is 26.9. The lowest BCUT2D eigenvalue weighted by Gasteiger charge is -2.35. The number of anilines is 2. The lowest BCUT2D eigenvalue weighted by molar-refractivity contribution is -0.0962. The summed E-state index contributed by atoms with van der Waals surface area (Å²) in [4.78, 5) is 53.1. The molecule has 4 aromatic heterocycles. The monoisotopic (exact) mass is 733 g/mol. The molecule has 0 amide bonds. The van der Waals surface area contributed by atoms with E-state index in [-0.39, 0.29) is 40.4 Å². The van der Waals surface area contributed by atoms with Crippen LogP contribution in [0.25, 0.3) is 22.2 Å². The van der Waals surface area contributed by atoms with Gasteiger partial charge in [0.15, 0.2) is 34.4 Å². The first kappa shape index (κ1) is 32.5. The molecule has 47 heavy (non-hydrogen) atoms. The molecule has 3 fully saturated rings. The lowest BCUT2D eigenvalue weighted by atomic mass is 9.99. The Morgan fingerprint density at radius 1 is 1.17 bits per heavy atom. The predicted octanol–water partition coefficient (Wildman–Crippen LogP) is 0.431. The number of ether oxygens (including phenoxy) is 2. The first-order valence-corrected chi connectivity index (χ1v) is 18.6. The van der Waals surface area contributed by atoms with Gasteiger partial charge in [-0.25, -0.2) is 23.7 Å². The third kappa shape index (κ3) is 5.36. The fourth-order valence-electron chi connectivity index (χ4n) is 5.72. The number of hydrogen-bond donors (Lipinski definition) is 5. The minimum atomic E-state index is -4.55. The number of nitrogens with two attached hydrogens (primary N) is 2. The summed E-state index contributed by atoms with van der Waals surface area (Å²) in [7, 11) is 0. The molecule has 18 nitrogen and oxygen atoms in total. The molecular weight excluding hydrogens is 710 g/mol. The van der Waals surface area contributed by atoms with Gasteiger partial charge in [0.2, 0.25) is 11.7 Å². The van der Waals surface area contributed by atoms with Gasteiger partial charge in [-0.15, -0.1) is 6.42 Å². The molecule has 0 saturated carbocycles. The van der Waals surface area contributed by atoms with Crippen LogP contribution in [0.5, 0.6) is 0 Å². The van der Waals surface area contributed by atoms with Crippen molar-refractivity contribution in [1.82, 2.24) is 34.1 Å². The van der Waals surface area contributed by atoms with E-state index < -0.39 is 80.6 Å². The predicted molar refractivity (Wildman–Crippen MR) is 164 cm³/mol. The summed E-state index contributed by atoms with van der Waals surface area (Å²) in [5, 5.41) is -0.0770. The van der Waals surface area contributed by atoms with Crippen molar-refractivity contribution in [3.63, 3.8) is 0 Å². The summed E-state index contributed by atoms with van der Waals surface area (Å²) in [6, 6.07) is 0. The van der Waals surface area contributed by atoms with Crippen molar-refractivity contribution in [2.45, 2.75) is 42.4 Å². The second kappa shape index (κ2) is 11.3. The van der Waals surface area contributed by atoms with Crippen molar-refractivity contribution in [3.8, 4) is 12.3 Å². The molecule has 8 atom stereocenters. The van der Waals surface area contributed by atoms with Crippen molar-refractivity contribution in [1.29, 1.82) is 0 Å². The Morgan fingerprint density at radius 3 is 2.72 bits per heavy atom. The zero-order chi connectivity index (χ0) is 33.5. The summed E-state index contributed by atoms with van der Waals surface area (Å²) in [6.45, 7) is -10.9. The van der Waals surface area contributed by atoms with Crippen molar-refractivity contribution in [2.75, 3.05) is 31.3 Å². The van der Waals surface area contributed by atoms with E-state index in [1.165, 1.54) is 4.57 Å². The van der Waals surface area contributed by atoms with Crippen LogP contribution < -0.4 is 17.0 Å². The minimum absolute atomic E-state index is 0.0578. The lowest BCUT2D eigenvalue weighted by Crippen LogP contribution is -2.47. The Balaban J connectivity index is 1.29. The SMILES string of the molecule is C#C[C@@]12COP(O)(=S)O[C@@]3(n4cnc5c(=O)[nH]c(N)nc54)CO[C@H](COP(O)(=S)O[C@H]1C[C@H](n1cc(F)c4c(N)ncnc41)O2)[C@H]3F. The Bertz CT molecular complexity index is 2130. The van der Waals surface area contributed by atoms with Gasteiger partial charge >= 0.3 is 13.4 Å². The number of aromatic nitrogens is 7. The van der Waals surface area contributed by atoms with Crippen molar-refractivity contribution >= 4 is 71.0 Å². The van der Waals surface area contributed by atoms with Gasteiger partial charge in [-0.05, 0) is 23.6 Å². The van der Waals surface area contributed by atoms with Crippen molar-refractivity contribution in [2.24, 2.45) is 0 Å². The van der Waals surface area contributed by atoms with Crippen molar-refractivity contribution < 1.29 is 46.1 Å². The largest absolute Gasteiger partial charge is 0.383 e. The number of fused-ring (bicyclic) bond motifs is 5. The summed E-state index contributed by atoms with van der Waals surface area (Å²) in [6.07, 6.45) is 2.81. The maximum atomic E-state index is 16.5. The van der Waals surface area contributed by atoms with Gasteiger partial charge in [-0.1, -0.05) is 5.92 Å². The van der Waals surface area contributed by atoms with Gasteiger partial charge in [0.05, 0.1) is 31.5 Å². The number of alkyl halides is 1. The molecule has 7 rings (SSSR count). The molecule has 4 aromatic rings. The molecule has 250 valence electrons. The van der Waals surface area contributed by atoms with Crippen LogP contribution in [0.4, 0.5) is 20.5 Å². The quantitative estimate of drug-likeness (QED) is 0.139. The molecule has 7 heterocycles. The molecule has 2 bridgehead atoms. The maximum absolute atomic E-state index is 16.5. The van der Waals surface area contributed by atoms with E-state index in [1.54, 1.807) is 0 Å². The molecule has 7 N–H and O–H groups in total. The molecular formula is C23H23F2N9O9P2S2. The fourth-order valence-corrected chi connectivity index (χ4v) is 8.78. The van der Waals surface area contributed by atoms with Crippen LogP contribution in [0.1, 0.15) is 12.6 Å². The van der Waals surface area contributed by atoms with Gasteiger partial charge in [-0.3, -0.25) is 18.9 Å². The molecule has 0 aliphatic carbocycles. The first-order valence-electron chi connectivity index (χ1n) is 13.4. The van der Waals surface area contributed by atoms with Gasteiger partial charge in [-0.2, -0.15) is 4.98 Å². The molecule has 0 aromatic carbocycles. The molecule has 3 saturated heterocycles. The Morgan fingerprint density at radius 2 is 1.96 bits per heavy atom. The molecule has 0 radical (unpaired) electrons. The highest BCUT2D eigenvalue weighted by Gasteiger charge is 2.59. The standard InChI is InChI=1S/C23H23F2N9O9P2S2/c1-2-22-6-40-45(37,47)43-23(34-9-30-15-19(34)31-21(27)32-20(15)35)7-38-11(16(23)25)5-39-44(36,46)42-12(22)3-13(41-22)33-4-10(24)14-17(26)28-8-29-18(14)33/h1,4,8-9,11-13,16H,3,5-7H2,(H,36,46)(H,37,47)(H2,26,28,29)(H3,27,31,32,35)/t11-,12+,13-,16-,22-,23+,44?,45?/m1/s1. The maximum Gasteiger partial charge on any atom is 0.327 e. The Hall–Kier alpha value is -3.03. The summed E-state index contributed by atoms with van der Waals surface area (Å²) in [5.41, 5.74) is 6.10. The number of H-pyrrole nitrogens is 1. The van der Waals surface area contributed by atoms with Crippen LogP contribution in [-0.4, -0.2) is 87.6 Å². The summed E-state index contributed by atoms with van der Waals surface area (Å²) >= 11 is 10.5. The molecule has 3 aliphatic heterocycles. The van der Waals surface area contributed by atoms with Gasteiger partial charge < -0.3 is 48.9 Å². The van der Waals surface area contributed by atoms with E-state index in [0.29, 0.717) is 0 Å². The van der Waals surface area contributed by atoms with Crippen LogP contribution in [0.2, 0.25) is 0 Å². The van der Waals surface area contributed by atoms with Crippen LogP contribution in [0.15, 0.2) is 23.6 Å². The summed E-state index contributed by atoms with van der Waals surface area (Å²) in [5.74, 6) is 1.20. The third-order valence-corrected chi connectivity index (χ3v) is 11.0. The fraction of sp³-hybridized carbons (Fsp3) is 0.435. The highest BCUT2D eigenvalue weighted by molar-refractivity contribution is 8.07. The molecule has 2 unspecified atom stereocenters. The van der Waals surface area contributed by atoms with E-state index in [9.17, 15) is 19.0 Å². The average Bonchev–Trinajstić information content (AvgIpc) is 3.75. The number of imidazole rings is 1. The number of nitrogens with one attached hydrogen (secondary N) is 1. The number of aromatic amines is 1. The van der Waals surface area contributed by atoms with E-state index in [0.717, 1.165) is 23.4 Å². The van der Waals surface area contributed by atoms with Gasteiger partial charge in [0.1, 0.15) is 30.6 Å². The van der Waals surface area contributed by atoms with Gasteiger partial charge in [0, 0.05) is 12.6 Å². The molecule has 0 spiro atoms. The topological polar surface area (TPSA) is 242 Å². The number of halogens is 2. The van der Waals surface area contributed by atoms with E-state index >= 15 is 4.39 Å². The number of hydrogen-bond acceptors (Lipinski definition) is 15. The number of terminal acetylenes is 1. The first-order chi connectivity index (χ1) is 22.2. The van der Waals surface area contributed by atoms with Crippen molar-refractivity contribution in [3.05, 3.63) is 35.0 Å².